The molecule has 0 radical (unpaired) electrons. The van der Waals surface area contributed by atoms with Gasteiger partial charge in [0, 0.05) is 25.2 Å². The van der Waals surface area contributed by atoms with Crippen molar-refractivity contribution in [1.82, 2.24) is 10.2 Å². The number of rotatable bonds is 3. The van der Waals surface area contributed by atoms with E-state index < -0.39 is 0 Å². The van der Waals surface area contributed by atoms with Crippen LogP contribution in [0.3, 0.4) is 0 Å². The van der Waals surface area contributed by atoms with E-state index in [1.54, 1.807) is 12.1 Å². The Labute approximate surface area is 99.9 Å². The Kier molecular flexibility index (Phi) is 3.14. The highest BCUT2D eigenvalue weighted by molar-refractivity contribution is 5.76. The zero-order valence-electron chi connectivity index (χ0n) is 9.79. The number of anilines is 1. The molecule has 0 spiro atoms. The lowest BCUT2D eigenvalue weighted by atomic mass is 10.1. The van der Waals surface area contributed by atoms with E-state index in [0.29, 0.717) is 5.56 Å². The number of aldehydes is 1. The van der Waals surface area contributed by atoms with Crippen LogP contribution in [0.4, 0.5) is 5.82 Å². The van der Waals surface area contributed by atoms with Crippen LogP contribution in [-0.4, -0.2) is 30.6 Å². The van der Waals surface area contributed by atoms with Crippen molar-refractivity contribution >= 4 is 12.1 Å². The number of hydrogen-bond acceptors (Lipinski definition) is 4. The molecule has 2 rings (SSSR count). The van der Waals surface area contributed by atoms with Gasteiger partial charge in [-0.2, -0.15) is 0 Å². The lowest BCUT2D eigenvalue weighted by Crippen LogP contribution is -2.11. The van der Waals surface area contributed by atoms with Gasteiger partial charge in [0.05, 0.1) is 5.69 Å². The summed E-state index contributed by atoms with van der Waals surface area (Å²) < 4.78 is 0. The van der Waals surface area contributed by atoms with Crippen molar-refractivity contribution in [2.24, 2.45) is 0 Å². The van der Waals surface area contributed by atoms with Crippen LogP contribution in [0.2, 0.25) is 0 Å². The number of carbonyl (C=O) groups excluding carboxylic acids is 1. The Balaban J connectivity index is 2.29. The molecule has 1 aromatic carbocycles. The fraction of sp³-hybridized carbons (Fsp3) is 0.154. The molecule has 4 heteroatoms. The molecule has 0 bridgehead atoms. The molecular weight excluding hydrogens is 214 g/mol. The summed E-state index contributed by atoms with van der Waals surface area (Å²) in [6.45, 7) is 0. The summed E-state index contributed by atoms with van der Waals surface area (Å²) in [7, 11) is 3.84. The zero-order chi connectivity index (χ0) is 12.3. The van der Waals surface area contributed by atoms with E-state index in [9.17, 15) is 4.79 Å². The summed E-state index contributed by atoms with van der Waals surface area (Å²) in [6, 6.07) is 11.1. The molecule has 0 aliphatic rings. The number of aromatic nitrogens is 2. The maximum absolute atomic E-state index is 10.5. The highest BCUT2D eigenvalue weighted by Crippen LogP contribution is 2.17. The van der Waals surface area contributed by atoms with Gasteiger partial charge in [-0.1, -0.05) is 24.3 Å². The first-order valence-electron chi connectivity index (χ1n) is 5.27. The monoisotopic (exact) mass is 227 g/mol. The van der Waals surface area contributed by atoms with Gasteiger partial charge >= 0.3 is 0 Å². The quantitative estimate of drug-likeness (QED) is 0.752. The van der Waals surface area contributed by atoms with Crippen molar-refractivity contribution in [1.29, 1.82) is 0 Å². The number of hydrogen-bond donors (Lipinski definition) is 0. The summed E-state index contributed by atoms with van der Waals surface area (Å²) in [5, 5.41) is 8.25. The van der Waals surface area contributed by atoms with Crippen molar-refractivity contribution in [2.75, 3.05) is 19.0 Å². The molecule has 2 aromatic rings. The van der Waals surface area contributed by atoms with E-state index in [0.717, 1.165) is 23.4 Å². The van der Waals surface area contributed by atoms with Crippen LogP contribution < -0.4 is 4.90 Å². The van der Waals surface area contributed by atoms with Crippen LogP contribution in [0.5, 0.6) is 0 Å². The van der Waals surface area contributed by atoms with Gasteiger partial charge in [-0.15, -0.1) is 10.2 Å². The number of benzene rings is 1. The van der Waals surface area contributed by atoms with E-state index in [1.165, 1.54) is 0 Å². The van der Waals surface area contributed by atoms with Crippen LogP contribution >= 0.6 is 0 Å². The second kappa shape index (κ2) is 4.74. The van der Waals surface area contributed by atoms with Crippen LogP contribution in [-0.2, 0) is 0 Å². The lowest BCUT2D eigenvalue weighted by Gasteiger charge is -2.10. The van der Waals surface area contributed by atoms with E-state index in [-0.39, 0.29) is 0 Å². The van der Waals surface area contributed by atoms with Gasteiger partial charge in [-0.25, -0.2) is 0 Å². The van der Waals surface area contributed by atoms with Crippen molar-refractivity contribution < 1.29 is 4.79 Å². The minimum absolute atomic E-state index is 0.659. The normalized spacial score (nSPS) is 10.0. The summed E-state index contributed by atoms with van der Waals surface area (Å²) in [4.78, 5) is 12.4. The standard InChI is InChI=1S/C13H13N3O/c1-16(2)13-8-7-12(14-15-13)11-5-3-10(9-17)4-6-11/h3-9H,1-2H3. The van der Waals surface area contributed by atoms with E-state index in [4.69, 9.17) is 0 Å². The molecule has 0 aliphatic heterocycles. The minimum atomic E-state index is 0.659. The summed E-state index contributed by atoms with van der Waals surface area (Å²) in [6.07, 6.45) is 0.824. The molecule has 17 heavy (non-hydrogen) atoms. The smallest absolute Gasteiger partial charge is 0.150 e. The van der Waals surface area contributed by atoms with Crippen molar-refractivity contribution in [3.63, 3.8) is 0 Å². The van der Waals surface area contributed by atoms with Crippen LogP contribution in [0.15, 0.2) is 36.4 Å². The summed E-state index contributed by atoms with van der Waals surface area (Å²) in [5.74, 6) is 0.818. The van der Waals surface area contributed by atoms with Gasteiger partial charge in [0.25, 0.3) is 0 Å². The molecule has 0 saturated heterocycles. The average Bonchev–Trinajstić information content (AvgIpc) is 2.39. The molecule has 0 saturated carbocycles. The molecule has 1 heterocycles. The Morgan fingerprint density at radius 1 is 1.00 bits per heavy atom. The molecule has 0 N–H and O–H groups in total. The molecule has 4 nitrogen and oxygen atoms in total. The number of carbonyl (C=O) groups is 1. The Morgan fingerprint density at radius 3 is 2.18 bits per heavy atom. The molecule has 1 aromatic heterocycles. The topological polar surface area (TPSA) is 46.1 Å². The van der Waals surface area contributed by atoms with Gasteiger partial charge in [0.1, 0.15) is 6.29 Å². The van der Waals surface area contributed by atoms with E-state index in [2.05, 4.69) is 10.2 Å². The molecular formula is C13H13N3O. The lowest BCUT2D eigenvalue weighted by molar-refractivity contribution is 0.112. The van der Waals surface area contributed by atoms with Gasteiger partial charge < -0.3 is 4.90 Å². The molecule has 0 fully saturated rings. The third kappa shape index (κ3) is 2.47. The maximum Gasteiger partial charge on any atom is 0.150 e. The maximum atomic E-state index is 10.5. The Bertz CT molecular complexity index is 503. The first kappa shape index (κ1) is 11.3. The highest BCUT2D eigenvalue weighted by Gasteiger charge is 2.02. The molecule has 0 aliphatic carbocycles. The molecule has 0 amide bonds. The molecule has 0 unspecified atom stereocenters. The third-order valence-corrected chi connectivity index (χ3v) is 2.45. The fourth-order valence-electron chi connectivity index (χ4n) is 1.45. The second-order valence-corrected chi connectivity index (χ2v) is 3.91. The van der Waals surface area contributed by atoms with Gasteiger partial charge in [-0.3, -0.25) is 4.79 Å². The first-order valence-corrected chi connectivity index (χ1v) is 5.27. The second-order valence-electron chi connectivity index (χ2n) is 3.91. The van der Waals surface area contributed by atoms with Crippen LogP contribution in [0.25, 0.3) is 11.3 Å². The van der Waals surface area contributed by atoms with E-state index in [1.807, 2.05) is 43.3 Å². The SMILES string of the molecule is CN(C)c1ccc(-c2ccc(C=O)cc2)nn1. The first-order chi connectivity index (χ1) is 8.20. The van der Waals surface area contributed by atoms with Crippen molar-refractivity contribution in [3.05, 3.63) is 42.0 Å². The predicted molar refractivity (Wildman–Crippen MR) is 67.2 cm³/mol. The highest BCUT2D eigenvalue weighted by atomic mass is 16.1. The Hall–Kier alpha value is -2.23. The average molecular weight is 227 g/mol. The Morgan fingerprint density at radius 2 is 1.71 bits per heavy atom. The predicted octanol–water partition coefficient (Wildman–Crippen LogP) is 2.02. The van der Waals surface area contributed by atoms with Gasteiger partial charge in [0.15, 0.2) is 5.82 Å². The van der Waals surface area contributed by atoms with Crippen LogP contribution in [0.1, 0.15) is 10.4 Å². The largest absolute Gasteiger partial charge is 0.361 e. The summed E-state index contributed by atoms with van der Waals surface area (Å²) in [5.41, 5.74) is 2.41. The van der Waals surface area contributed by atoms with Crippen LogP contribution in [0, 0.1) is 0 Å². The van der Waals surface area contributed by atoms with E-state index >= 15 is 0 Å². The molecule has 86 valence electrons. The van der Waals surface area contributed by atoms with Crippen molar-refractivity contribution in [3.8, 4) is 11.3 Å². The van der Waals surface area contributed by atoms with Gasteiger partial charge in [-0.05, 0) is 12.1 Å². The zero-order valence-corrected chi connectivity index (χ0v) is 9.79. The minimum Gasteiger partial charge on any atom is -0.361 e. The summed E-state index contributed by atoms with van der Waals surface area (Å²) >= 11 is 0. The van der Waals surface area contributed by atoms with Gasteiger partial charge in [0.2, 0.25) is 0 Å². The fourth-order valence-corrected chi connectivity index (χ4v) is 1.45. The third-order valence-electron chi connectivity index (χ3n) is 2.45. The number of nitrogens with zero attached hydrogens (tertiary/aromatic N) is 3. The molecule has 0 atom stereocenters. The van der Waals surface area contributed by atoms with Crippen molar-refractivity contribution in [2.45, 2.75) is 0 Å².